The molecule has 2 aromatic carbocycles. The molecule has 5 heteroatoms. The molecule has 1 aromatic heterocycles. The van der Waals surface area contributed by atoms with E-state index in [9.17, 15) is 4.79 Å². The Balaban J connectivity index is 1.87. The molecule has 0 radical (unpaired) electrons. The van der Waals surface area contributed by atoms with Crippen molar-refractivity contribution in [3.05, 3.63) is 59.7 Å². The Morgan fingerprint density at radius 2 is 1.96 bits per heavy atom. The van der Waals surface area contributed by atoms with E-state index in [0.29, 0.717) is 5.56 Å². The molecule has 0 fully saturated rings. The number of hydrogen-bond acceptors (Lipinski definition) is 3. The van der Waals surface area contributed by atoms with Crippen molar-refractivity contribution in [3.63, 3.8) is 0 Å². The summed E-state index contributed by atoms with van der Waals surface area (Å²) in [6.07, 6.45) is 0. The highest BCUT2D eigenvalue weighted by molar-refractivity contribution is 5.97. The molecule has 0 aliphatic rings. The minimum Gasteiger partial charge on any atom is -0.335 e. The van der Waals surface area contributed by atoms with Gasteiger partial charge >= 0.3 is 0 Å². The van der Waals surface area contributed by atoms with Gasteiger partial charge < -0.3 is 4.90 Å². The summed E-state index contributed by atoms with van der Waals surface area (Å²) in [7, 11) is 1.83. The van der Waals surface area contributed by atoms with E-state index in [-0.39, 0.29) is 11.9 Å². The van der Waals surface area contributed by atoms with Gasteiger partial charge in [0.1, 0.15) is 5.52 Å². The topological polar surface area (TPSA) is 51.0 Å². The van der Waals surface area contributed by atoms with Gasteiger partial charge in [-0.15, -0.1) is 5.10 Å². The maximum absolute atomic E-state index is 12.8. The van der Waals surface area contributed by atoms with Gasteiger partial charge in [-0.2, -0.15) is 0 Å². The summed E-state index contributed by atoms with van der Waals surface area (Å²) in [6.45, 7) is 4.80. The molecule has 0 saturated heterocycles. The highest BCUT2D eigenvalue weighted by Gasteiger charge is 2.19. The van der Waals surface area contributed by atoms with Crippen molar-refractivity contribution in [2.24, 2.45) is 0 Å². The third kappa shape index (κ3) is 2.82. The molecule has 0 aliphatic carbocycles. The van der Waals surface area contributed by atoms with Gasteiger partial charge in [0.05, 0.1) is 11.6 Å². The molecule has 23 heavy (non-hydrogen) atoms. The van der Waals surface area contributed by atoms with Gasteiger partial charge in [-0.1, -0.05) is 35.5 Å². The number of benzene rings is 2. The largest absolute Gasteiger partial charge is 0.335 e. The second-order valence-corrected chi connectivity index (χ2v) is 5.61. The fourth-order valence-corrected chi connectivity index (χ4v) is 2.67. The van der Waals surface area contributed by atoms with Crippen LogP contribution in [0.2, 0.25) is 0 Å². The Labute approximate surface area is 135 Å². The van der Waals surface area contributed by atoms with Crippen LogP contribution in [0, 0.1) is 0 Å². The first-order valence-electron chi connectivity index (χ1n) is 7.77. The zero-order valence-electron chi connectivity index (χ0n) is 13.6. The summed E-state index contributed by atoms with van der Waals surface area (Å²) in [5.74, 6) is -0.0192. The van der Waals surface area contributed by atoms with Crippen molar-refractivity contribution in [2.75, 3.05) is 7.05 Å². The molecule has 0 N–H and O–H groups in total. The molecule has 0 aliphatic heterocycles. The summed E-state index contributed by atoms with van der Waals surface area (Å²) in [5.41, 5.74) is 3.44. The van der Waals surface area contributed by atoms with Gasteiger partial charge in [0.2, 0.25) is 0 Å². The Morgan fingerprint density at radius 1 is 1.22 bits per heavy atom. The van der Waals surface area contributed by atoms with E-state index in [1.807, 2.05) is 74.1 Å². The monoisotopic (exact) mass is 308 g/mol. The molecule has 1 amide bonds. The minimum absolute atomic E-state index is 0.00530. The van der Waals surface area contributed by atoms with Crippen LogP contribution in [0.1, 0.15) is 35.8 Å². The first-order chi connectivity index (χ1) is 11.1. The van der Waals surface area contributed by atoms with Gasteiger partial charge in [-0.3, -0.25) is 4.79 Å². The third-order valence-corrected chi connectivity index (χ3v) is 4.24. The lowest BCUT2D eigenvalue weighted by atomic mass is 10.1. The molecule has 118 valence electrons. The lowest BCUT2D eigenvalue weighted by Crippen LogP contribution is -2.29. The van der Waals surface area contributed by atoms with Gasteiger partial charge in [-0.25, -0.2) is 4.68 Å². The van der Waals surface area contributed by atoms with Gasteiger partial charge in [0, 0.05) is 19.2 Å². The summed E-state index contributed by atoms with van der Waals surface area (Å²) >= 11 is 0. The molecule has 0 saturated carbocycles. The van der Waals surface area contributed by atoms with Crippen LogP contribution in [0.3, 0.4) is 0 Å². The number of carbonyl (C=O) groups excluding carboxylic acids is 1. The average Bonchev–Trinajstić information content (AvgIpc) is 3.02. The minimum atomic E-state index is -0.0192. The van der Waals surface area contributed by atoms with E-state index in [0.717, 1.165) is 23.1 Å². The Morgan fingerprint density at radius 3 is 2.65 bits per heavy atom. The number of rotatable bonds is 4. The summed E-state index contributed by atoms with van der Waals surface area (Å²) < 4.78 is 1.82. The molecule has 0 bridgehead atoms. The van der Waals surface area contributed by atoms with Crippen LogP contribution in [-0.2, 0) is 6.54 Å². The Bertz CT molecular complexity index is 825. The van der Waals surface area contributed by atoms with Crippen LogP contribution in [0.25, 0.3) is 11.0 Å². The molecule has 0 spiro atoms. The van der Waals surface area contributed by atoms with Crippen molar-refractivity contribution < 1.29 is 4.79 Å². The van der Waals surface area contributed by atoms with Gasteiger partial charge in [0.15, 0.2) is 0 Å². The zero-order valence-corrected chi connectivity index (χ0v) is 13.6. The van der Waals surface area contributed by atoms with Crippen molar-refractivity contribution in [1.29, 1.82) is 0 Å². The van der Waals surface area contributed by atoms with E-state index in [4.69, 9.17) is 0 Å². The second-order valence-electron chi connectivity index (χ2n) is 5.61. The Hall–Kier alpha value is -2.69. The van der Waals surface area contributed by atoms with E-state index in [1.165, 1.54) is 0 Å². The normalized spacial score (nSPS) is 12.3. The lowest BCUT2D eigenvalue weighted by molar-refractivity contribution is 0.0743. The van der Waals surface area contributed by atoms with E-state index >= 15 is 0 Å². The van der Waals surface area contributed by atoms with E-state index < -0.39 is 0 Å². The van der Waals surface area contributed by atoms with Crippen LogP contribution >= 0.6 is 0 Å². The van der Waals surface area contributed by atoms with Crippen LogP contribution in [0.15, 0.2) is 48.5 Å². The maximum atomic E-state index is 12.8. The SMILES string of the molecule is CCn1nnc2cc(C(=O)N(C)C(C)c3ccccc3)ccc21. The molecule has 5 nitrogen and oxygen atoms in total. The predicted octanol–water partition coefficient (Wildman–Crippen LogP) is 3.28. The first kappa shape index (κ1) is 15.2. The molecule has 3 rings (SSSR count). The first-order valence-corrected chi connectivity index (χ1v) is 7.77. The van der Waals surface area contributed by atoms with Crippen molar-refractivity contribution in [2.45, 2.75) is 26.4 Å². The van der Waals surface area contributed by atoms with Crippen LogP contribution < -0.4 is 0 Å². The molecule has 3 aromatic rings. The van der Waals surface area contributed by atoms with Crippen LogP contribution in [-0.4, -0.2) is 32.8 Å². The Kier molecular flexibility index (Phi) is 4.10. The lowest BCUT2D eigenvalue weighted by Gasteiger charge is -2.25. The van der Waals surface area contributed by atoms with E-state index in [2.05, 4.69) is 10.3 Å². The predicted molar refractivity (Wildman–Crippen MR) is 90.2 cm³/mol. The average molecular weight is 308 g/mol. The number of aromatic nitrogens is 3. The van der Waals surface area contributed by atoms with Crippen molar-refractivity contribution in [1.82, 2.24) is 19.9 Å². The number of carbonyl (C=O) groups is 1. The van der Waals surface area contributed by atoms with Gasteiger partial charge in [-0.05, 0) is 37.6 Å². The standard InChI is InChI=1S/C18H20N4O/c1-4-22-17-11-10-15(12-16(17)19-20-22)18(23)21(3)13(2)14-8-6-5-7-9-14/h5-13H,4H2,1-3H3. The molecule has 1 atom stereocenters. The smallest absolute Gasteiger partial charge is 0.254 e. The number of nitrogens with zero attached hydrogens (tertiary/aromatic N) is 4. The highest BCUT2D eigenvalue weighted by atomic mass is 16.2. The van der Waals surface area contributed by atoms with Crippen molar-refractivity contribution >= 4 is 16.9 Å². The maximum Gasteiger partial charge on any atom is 0.254 e. The fraction of sp³-hybridized carbons (Fsp3) is 0.278. The highest BCUT2D eigenvalue weighted by Crippen LogP contribution is 2.21. The quantitative estimate of drug-likeness (QED) is 0.743. The molecule has 1 heterocycles. The number of aryl methyl sites for hydroxylation is 1. The third-order valence-electron chi connectivity index (χ3n) is 4.24. The summed E-state index contributed by atoms with van der Waals surface area (Å²) in [4.78, 5) is 14.5. The fourth-order valence-electron chi connectivity index (χ4n) is 2.67. The van der Waals surface area contributed by atoms with E-state index in [1.54, 1.807) is 4.90 Å². The molecular weight excluding hydrogens is 288 g/mol. The van der Waals surface area contributed by atoms with Crippen molar-refractivity contribution in [3.8, 4) is 0 Å². The summed E-state index contributed by atoms with van der Waals surface area (Å²) in [5, 5.41) is 8.22. The van der Waals surface area contributed by atoms with Crippen LogP contribution in [0.4, 0.5) is 0 Å². The molecule has 1 unspecified atom stereocenters. The number of amides is 1. The number of fused-ring (bicyclic) bond motifs is 1. The van der Waals surface area contributed by atoms with Crippen LogP contribution in [0.5, 0.6) is 0 Å². The zero-order chi connectivity index (χ0) is 16.4. The number of hydrogen-bond donors (Lipinski definition) is 0. The van der Waals surface area contributed by atoms with Gasteiger partial charge in [0.25, 0.3) is 5.91 Å². The molecular formula is C18H20N4O. The second kappa shape index (κ2) is 6.20. The summed E-state index contributed by atoms with van der Waals surface area (Å²) in [6, 6.07) is 15.6.